The van der Waals surface area contributed by atoms with Crippen LogP contribution in [-0.4, -0.2) is 52.8 Å². The highest BCUT2D eigenvalue weighted by molar-refractivity contribution is 7.99. The molecule has 29 heavy (non-hydrogen) atoms. The summed E-state index contributed by atoms with van der Waals surface area (Å²) in [5, 5.41) is 12.3. The second kappa shape index (κ2) is 10.1. The number of carbonyl (C=O) groups excluding carboxylic acids is 1. The Morgan fingerprint density at radius 2 is 1.76 bits per heavy atom. The fourth-order valence-electron chi connectivity index (χ4n) is 2.42. The number of methoxy groups -OCH3 is 2. The minimum Gasteiger partial charge on any atom is -0.496 e. The lowest BCUT2D eigenvalue weighted by Crippen LogP contribution is -2.07. The Morgan fingerprint density at radius 3 is 2.55 bits per heavy atom. The maximum Gasteiger partial charge on any atom is 0.342 e. The number of esters is 1. The van der Waals surface area contributed by atoms with Crippen LogP contribution in [0.15, 0.2) is 53.7 Å². The van der Waals surface area contributed by atoms with Crippen molar-refractivity contribution in [2.24, 2.45) is 0 Å². The zero-order valence-electron chi connectivity index (χ0n) is 15.9. The van der Waals surface area contributed by atoms with E-state index in [-0.39, 0.29) is 6.61 Å². The van der Waals surface area contributed by atoms with E-state index >= 15 is 0 Å². The van der Waals surface area contributed by atoms with Gasteiger partial charge in [-0.05, 0) is 34.7 Å². The molecule has 0 unspecified atom stereocenters. The van der Waals surface area contributed by atoms with Crippen molar-refractivity contribution in [3.8, 4) is 29.0 Å². The summed E-state index contributed by atoms with van der Waals surface area (Å²) in [7, 11) is 3.09. The van der Waals surface area contributed by atoms with Crippen LogP contribution in [0.4, 0.5) is 0 Å². The van der Waals surface area contributed by atoms with Crippen molar-refractivity contribution in [3.05, 3.63) is 54.1 Å². The summed E-state index contributed by atoms with van der Waals surface area (Å²) in [6.45, 7) is -0.0190. The van der Waals surface area contributed by atoms with Gasteiger partial charge in [0, 0.05) is 0 Å². The van der Waals surface area contributed by atoms with Crippen molar-refractivity contribution in [1.29, 1.82) is 0 Å². The van der Waals surface area contributed by atoms with Crippen LogP contribution in [0.25, 0.3) is 5.69 Å². The van der Waals surface area contributed by atoms with Gasteiger partial charge in [0.2, 0.25) is 5.16 Å². The topological polar surface area (TPSA) is 88.4 Å². The average molecular weight is 410 g/mol. The molecule has 9 heteroatoms. The Kier molecular flexibility index (Phi) is 7.08. The van der Waals surface area contributed by atoms with E-state index in [4.69, 9.17) is 14.2 Å². The Balaban J connectivity index is 1.54. The second-order valence-electron chi connectivity index (χ2n) is 5.46. The fraction of sp³-hybridized carbons (Fsp3) is 0.200. The molecule has 2 aromatic carbocycles. The number of hydrogen-bond acceptors (Lipinski definition) is 8. The molecule has 0 fully saturated rings. The number of para-hydroxylation sites is 3. The van der Waals surface area contributed by atoms with E-state index in [1.165, 1.54) is 18.9 Å². The molecule has 1 heterocycles. The molecular formula is C20H18N4O4S. The normalized spacial score (nSPS) is 10.0. The highest BCUT2D eigenvalue weighted by Crippen LogP contribution is 2.25. The molecule has 8 nitrogen and oxygen atoms in total. The smallest absolute Gasteiger partial charge is 0.342 e. The van der Waals surface area contributed by atoms with Gasteiger partial charge in [0.25, 0.3) is 0 Å². The number of ether oxygens (including phenoxy) is 3. The summed E-state index contributed by atoms with van der Waals surface area (Å²) in [5.74, 6) is 6.82. The number of aromatic nitrogens is 4. The number of carbonyl (C=O) groups is 1. The maximum atomic E-state index is 12.1. The van der Waals surface area contributed by atoms with Crippen LogP contribution >= 0.6 is 11.8 Å². The van der Waals surface area contributed by atoms with Gasteiger partial charge < -0.3 is 14.2 Å². The fourth-order valence-corrected chi connectivity index (χ4v) is 3.07. The number of thioether (sulfide) groups is 1. The molecule has 0 N–H and O–H groups in total. The van der Waals surface area contributed by atoms with Crippen LogP contribution in [0.3, 0.4) is 0 Å². The van der Waals surface area contributed by atoms with Crippen LogP contribution in [0.1, 0.15) is 10.4 Å². The lowest BCUT2D eigenvalue weighted by molar-refractivity contribution is 0.0553. The molecule has 0 spiro atoms. The molecule has 148 valence electrons. The third kappa shape index (κ3) is 5.06. The third-order valence-corrected chi connectivity index (χ3v) is 4.56. The second-order valence-corrected chi connectivity index (χ2v) is 6.41. The molecule has 3 aromatic rings. The zero-order valence-corrected chi connectivity index (χ0v) is 16.7. The van der Waals surface area contributed by atoms with Gasteiger partial charge in [-0.15, -0.1) is 5.10 Å². The number of rotatable bonds is 7. The summed E-state index contributed by atoms with van der Waals surface area (Å²) in [6.07, 6.45) is 0. The van der Waals surface area contributed by atoms with Gasteiger partial charge in [-0.2, -0.15) is 4.68 Å². The van der Waals surface area contributed by atoms with Crippen LogP contribution in [0.5, 0.6) is 11.5 Å². The van der Waals surface area contributed by atoms with Crippen LogP contribution in [0, 0.1) is 11.8 Å². The van der Waals surface area contributed by atoms with Crippen LogP contribution < -0.4 is 9.47 Å². The Bertz CT molecular complexity index is 1040. The first-order valence-electron chi connectivity index (χ1n) is 8.55. The van der Waals surface area contributed by atoms with Gasteiger partial charge in [0.15, 0.2) is 6.61 Å². The minimum atomic E-state index is -0.482. The summed E-state index contributed by atoms with van der Waals surface area (Å²) in [4.78, 5) is 12.1. The predicted octanol–water partition coefficient (Wildman–Crippen LogP) is 2.63. The lowest BCUT2D eigenvalue weighted by Gasteiger charge is -2.08. The van der Waals surface area contributed by atoms with Crippen molar-refractivity contribution >= 4 is 17.7 Å². The molecule has 0 saturated carbocycles. The van der Waals surface area contributed by atoms with Crippen molar-refractivity contribution in [3.63, 3.8) is 0 Å². The largest absolute Gasteiger partial charge is 0.496 e. The van der Waals surface area contributed by atoms with E-state index in [1.807, 2.05) is 24.3 Å². The molecule has 1 aromatic heterocycles. The Morgan fingerprint density at radius 1 is 1.03 bits per heavy atom. The first-order chi connectivity index (χ1) is 14.2. The molecule has 0 aliphatic rings. The minimum absolute atomic E-state index is 0.0190. The number of tetrazole rings is 1. The highest BCUT2D eigenvalue weighted by atomic mass is 32.2. The maximum absolute atomic E-state index is 12.1. The Labute approximate surface area is 172 Å². The van der Waals surface area contributed by atoms with E-state index in [1.54, 1.807) is 36.1 Å². The number of hydrogen-bond donors (Lipinski definition) is 0. The molecular weight excluding hydrogens is 392 g/mol. The molecule has 0 saturated heterocycles. The lowest BCUT2D eigenvalue weighted by atomic mass is 10.2. The van der Waals surface area contributed by atoms with Crippen molar-refractivity contribution in [2.45, 2.75) is 5.16 Å². The number of nitrogens with zero attached hydrogens (tertiary/aromatic N) is 4. The standard InChI is InChI=1S/C20H18N4O4S/c1-26-17-11-5-3-9-15(17)19(25)28-13-7-8-14-29-20-21-22-23-24(20)16-10-4-6-12-18(16)27-2/h3-6,9-12H,13-14H2,1-2H3. The first kappa shape index (κ1) is 20.2. The van der Waals surface area contributed by atoms with E-state index < -0.39 is 5.97 Å². The molecule has 0 radical (unpaired) electrons. The average Bonchev–Trinajstić information content (AvgIpc) is 3.24. The molecule has 0 aliphatic carbocycles. The van der Waals surface area contributed by atoms with Gasteiger partial charge in [-0.25, -0.2) is 4.79 Å². The molecule has 0 atom stereocenters. The van der Waals surface area contributed by atoms with E-state index in [0.29, 0.717) is 28.0 Å². The van der Waals surface area contributed by atoms with Crippen LogP contribution in [-0.2, 0) is 4.74 Å². The monoisotopic (exact) mass is 410 g/mol. The number of benzene rings is 2. The predicted molar refractivity (Wildman–Crippen MR) is 107 cm³/mol. The molecule has 0 bridgehead atoms. The zero-order chi connectivity index (χ0) is 20.5. The van der Waals surface area contributed by atoms with Crippen molar-refractivity contribution in [1.82, 2.24) is 20.2 Å². The van der Waals surface area contributed by atoms with Gasteiger partial charge in [0.05, 0.1) is 20.0 Å². The van der Waals surface area contributed by atoms with Crippen LogP contribution in [0.2, 0.25) is 0 Å². The van der Waals surface area contributed by atoms with Gasteiger partial charge in [-0.3, -0.25) is 0 Å². The van der Waals surface area contributed by atoms with Gasteiger partial charge in [-0.1, -0.05) is 47.9 Å². The molecule has 0 aliphatic heterocycles. The van der Waals surface area contributed by atoms with E-state index in [9.17, 15) is 4.79 Å². The van der Waals surface area contributed by atoms with Crippen molar-refractivity contribution in [2.75, 3.05) is 26.6 Å². The van der Waals surface area contributed by atoms with E-state index in [0.717, 1.165) is 5.69 Å². The van der Waals surface area contributed by atoms with Gasteiger partial charge >= 0.3 is 5.97 Å². The van der Waals surface area contributed by atoms with Crippen molar-refractivity contribution < 1.29 is 19.0 Å². The molecule has 0 amide bonds. The first-order valence-corrected chi connectivity index (χ1v) is 9.53. The van der Waals surface area contributed by atoms with E-state index in [2.05, 4.69) is 27.4 Å². The third-order valence-electron chi connectivity index (χ3n) is 3.76. The molecule has 3 rings (SSSR count). The SMILES string of the molecule is COc1ccccc1C(=O)OCC#CCSc1nnnn1-c1ccccc1OC. The highest BCUT2D eigenvalue weighted by Gasteiger charge is 2.13. The van der Waals surface area contributed by atoms with Gasteiger partial charge in [0.1, 0.15) is 22.7 Å². The Hall–Kier alpha value is -3.51. The summed E-state index contributed by atoms with van der Waals surface area (Å²) in [5.41, 5.74) is 1.10. The summed E-state index contributed by atoms with van der Waals surface area (Å²) >= 11 is 1.37. The summed E-state index contributed by atoms with van der Waals surface area (Å²) in [6, 6.07) is 14.3. The summed E-state index contributed by atoms with van der Waals surface area (Å²) < 4.78 is 17.3. The quantitative estimate of drug-likeness (QED) is 0.334.